The van der Waals surface area contributed by atoms with Crippen LogP contribution in [0.2, 0.25) is 0 Å². The highest BCUT2D eigenvalue weighted by molar-refractivity contribution is 9.11. The molecule has 0 bridgehead atoms. The SMILES string of the molecule is CC(Nc1c(Br)cccc1Br)C1CCCCC1. The molecule has 1 aliphatic carbocycles. The lowest BCUT2D eigenvalue weighted by Crippen LogP contribution is -2.27. The highest BCUT2D eigenvalue weighted by Gasteiger charge is 2.20. The lowest BCUT2D eigenvalue weighted by molar-refractivity contribution is 0.328. The fourth-order valence-corrected chi connectivity index (χ4v) is 3.84. The topological polar surface area (TPSA) is 12.0 Å². The van der Waals surface area contributed by atoms with E-state index in [1.165, 1.54) is 37.8 Å². The Balaban J connectivity index is 2.04. The normalized spacial score (nSPS) is 19.0. The van der Waals surface area contributed by atoms with Crippen molar-refractivity contribution in [3.05, 3.63) is 27.1 Å². The van der Waals surface area contributed by atoms with Crippen molar-refractivity contribution in [3.63, 3.8) is 0 Å². The van der Waals surface area contributed by atoms with Crippen molar-refractivity contribution in [1.82, 2.24) is 0 Å². The Hall–Kier alpha value is -0.0200. The Morgan fingerprint density at radius 1 is 1.12 bits per heavy atom. The van der Waals surface area contributed by atoms with E-state index < -0.39 is 0 Å². The second kappa shape index (κ2) is 6.24. The molecule has 0 aliphatic heterocycles. The van der Waals surface area contributed by atoms with Gasteiger partial charge in [0.05, 0.1) is 5.69 Å². The number of hydrogen-bond acceptors (Lipinski definition) is 1. The van der Waals surface area contributed by atoms with E-state index in [9.17, 15) is 0 Å². The number of nitrogens with one attached hydrogen (secondary N) is 1. The molecule has 1 aromatic rings. The predicted molar refractivity (Wildman–Crippen MR) is 81.5 cm³/mol. The van der Waals surface area contributed by atoms with E-state index in [-0.39, 0.29) is 0 Å². The van der Waals surface area contributed by atoms with Crippen molar-refractivity contribution in [2.45, 2.75) is 45.1 Å². The van der Waals surface area contributed by atoms with Crippen molar-refractivity contribution < 1.29 is 0 Å². The summed E-state index contributed by atoms with van der Waals surface area (Å²) < 4.78 is 2.27. The number of para-hydroxylation sites is 1. The number of hydrogen-bond donors (Lipinski definition) is 1. The van der Waals surface area contributed by atoms with E-state index in [0.29, 0.717) is 6.04 Å². The minimum atomic E-state index is 0.547. The molecule has 1 nitrogen and oxygen atoms in total. The molecule has 17 heavy (non-hydrogen) atoms. The van der Waals surface area contributed by atoms with Gasteiger partial charge in [-0.15, -0.1) is 0 Å². The molecule has 1 N–H and O–H groups in total. The van der Waals surface area contributed by atoms with Crippen molar-refractivity contribution in [1.29, 1.82) is 0 Å². The van der Waals surface area contributed by atoms with Crippen LogP contribution in [0.4, 0.5) is 5.69 Å². The quantitative estimate of drug-likeness (QED) is 0.740. The van der Waals surface area contributed by atoms with E-state index in [1.54, 1.807) is 0 Å². The predicted octanol–water partition coefficient (Wildman–Crippen LogP) is 5.59. The third-order valence-electron chi connectivity index (χ3n) is 3.69. The molecule has 1 fully saturated rings. The summed E-state index contributed by atoms with van der Waals surface area (Å²) in [5.74, 6) is 0.822. The molecule has 0 spiro atoms. The molecule has 1 aromatic carbocycles. The zero-order valence-electron chi connectivity index (χ0n) is 10.2. The lowest BCUT2D eigenvalue weighted by atomic mass is 9.84. The minimum Gasteiger partial charge on any atom is -0.380 e. The van der Waals surface area contributed by atoms with Crippen LogP contribution in [0.5, 0.6) is 0 Å². The second-order valence-corrected chi connectivity index (χ2v) is 6.64. The maximum atomic E-state index is 3.65. The van der Waals surface area contributed by atoms with Crippen molar-refractivity contribution in [3.8, 4) is 0 Å². The molecule has 2 rings (SSSR count). The molecule has 1 saturated carbocycles. The number of benzene rings is 1. The van der Waals surface area contributed by atoms with E-state index in [4.69, 9.17) is 0 Å². The van der Waals surface area contributed by atoms with Gasteiger partial charge in [0.15, 0.2) is 0 Å². The van der Waals surface area contributed by atoms with Crippen LogP contribution in [0.3, 0.4) is 0 Å². The van der Waals surface area contributed by atoms with Gasteiger partial charge in [-0.2, -0.15) is 0 Å². The number of anilines is 1. The average molecular weight is 361 g/mol. The Kier molecular flexibility index (Phi) is 4.92. The summed E-state index contributed by atoms with van der Waals surface area (Å²) in [7, 11) is 0. The Labute approximate surface area is 121 Å². The smallest absolute Gasteiger partial charge is 0.0631 e. The van der Waals surface area contributed by atoms with Crippen LogP contribution in [0, 0.1) is 5.92 Å². The number of rotatable bonds is 3. The zero-order chi connectivity index (χ0) is 12.3. The molecule has 1 unspecified atom stereocenters. The first kappa shape index (κ1) is 13.4. The Bertz CT molecular complexity index is 352. The van der Waals surface area contributed by atoms with E-state index in [0.717, 1.165) is 14.9 Å². The highest BCUT2D eigenvalue weighted by atomic mass is 79.9. The van der Waals surface area contributed by atoms with Gasteiger partial charge in [-0.25, -0.2) is 0 Å². The Morgan fingerprint density at radius 3 is 2.29 bits per heavy atom. The standard InChI is InChI=1S/C14H19Br2N/c1-10(11-6-3-2-4-7-11)17-14-12(15)8-5-9-13(14)16/h5,8-11,17H,2-4,6-7H2,1H3. The fourth-order valence-electron chi connectivity index (χ4n) is 2.62. The largest absolute Gasteiger partial charge is 0.380 e. The molecule has 0 saturated heterocycles. The van der Waals surface area contributed by atoms with Crippen LogP contribution >= 0.6 is 31.9 Å². The molecule has 0 amide bonds. The van der Waals surface area contributed by atoms with Gasteiger partial charge in [-0.3, -0.25) is 0 Å². The molecular weight excluding hydrogens is 342 g/mol. The van der Waals surface area contributed by atoms with Crippen LogP contribution in [0.1, 0.15) is 39.0 Å². The van der Waals surface area contributed by atoms with Crippen LogP contribution < -0.4 is 5.32 Å². The zero-order valence-corrected chi connectivity index (χ0v) is 13.4. The monoisotopic (exact) mass is 359 g/mol. The van der Waals surface area contributed by atoms with Crippen LogP contribution in [-0.2, 0) is 0 Å². The first-order valence-electron chi connectivity index (χ1n) is 6.39. The summed E-state index contributed by atoms with van der Waals surface area (Å²) in [6, 6.07) is 6.76. The van der Waals surface area contributed by atoms with Gasteiger partial charge < -0.3 is 5.32 Å². The molecule has 0 heterocycles. The number of halogens is 2. The second-order valence-electron chi connectivity index (χ2n) is 4.93. The van der Waals surface area contributed by atoms with Gasteiger partial charge in [-0.1, -0.05) is 25.3 Å². The Morgan fingerprint density at radius 2 is 1.71 bits per heavy atom. The van der Waals surface area contributed by atoms with E-state index in [1.807, 2.05) is 6.07 Å². The van der Waals surface area contributed by atoms with E-state index >= 15 is 0 Å². The summed E-state index contributed by atoms with van der Waals surface area (Å²) >= 11 is 7.21. The van der Waals surface area contributed by atoms with Crippen molar-refractivity contribution in [2.75, 3.05) is 5.32 Å². The third kappa shape index (κ3) is 3.47. The molecular formula is C14H19Br2N. The molecule has 1 aliphatic rings. The van der Waals surface area contributed by atoms with Gasteiger partial charge in [0.25, 0.3) is 0 Å². The van der Waals surface area contributed by atoms with Crippen LogP contribution in [0.25, 0.3) is 0 Å². The van der Waals surface area contributed by atoms with Gasteiger partial charge in [0.2, 0.25) is 0 Å². The third-order valence-corrected chi connectivity index (χ3v) is 5.01. The van der Waals surface area contributed by atoms with Crippen molar-refractivity contribution >= 4 is 37.5 Å². The van der Waals surface area contributed by atoms with Crippen LogP contribution in [0.15, 0.2) is 27.1 Å². The summed E-state index contributed by atoms with van der Waals surface area (Å²) in [6.45, 7) is 2.31. The summed E-state index contributed by atoms with van der Waals surface area (Å²) in [4.78, 5) is 0. The maximum absolute atomic E-state index is 3.65. The van der Waals surface area contributed by atoms with E-state index in [2.05, 4.69) is 56.2 Å². The molecule has 94 valence electrons. The maximum Gasteiger partial charge on any atom is 0.0631 e. The van der Waals surface area contributed by atoms with Gasteiger partial charge >= 0.3 is 0 Å². The van der Waals surface area contributed by atoms with Gasteiger partial charge in [0.1, 0.15) is 0 Å². The summed E-state index contributed by atoms with van der Waals surface area (Å²) in [5, 5.41) is 3.65. The van der Waals surface area contributed by atoms with Crippen LogP contribution in [-0.4, -0.2) is 6.04 Å². The fraction of sp³-hybridized carbons (Fsp3) is 0.571. The van der Waals surface area contributed by atoms with Gasteiger partial charge in [0, 0.05) is 15.0 Å². The molecule has 1 atom stereocenters. The molecule has 0 aromatic heterocycles. The van der Waals surface area contributed by atoms with Crippen molar-refractivity contribution in [2.24, 2.45) is 5.92 Å². The first-order chi connectivity index (χ1) is 8.18. The summed E-state index contributed by atoms with van der Waals surface area (Å²) in [5.41, 5.74) is 1.19. The first-order valence-corrected chi connectivity index (χ1v) is 7.97. The molecule has 0 radical (unpaired) electrons. The minimum absolute atomic E-state index is 0.547. The van der Waals surface area contributed by atoms with Gasteiger partial charge in [-0.05, 0) is 69.7 Å². The average Bonchev–Trinajstić information content (AvgIpc) is 2.35. The highest BCUT2D eigenvalue weighted by Crippen LogP contribution is 2.34. The lowest BCUT2D eigenvalue weighted by Gasteiger charge is -2.29. The molecule has 3 heteroatoms. The summed E-state index contributed by atoms with van der Waals surface area (Å²) in [6.07, 6.45) is 6.95.